The number of benzene rings is 5. The van der Waals surface area contributed by atoms with Crippen LogP contribution in [-0.4, -0.2) is 20.3 Å². The van der Waals surface area contributed by atoms with Crippen LogP contribution < -0.4 is 43.8 Å². The van der Waals surface area contributed by atoms with Crippen LogP contribution in [0.15, 0.2) is 84.9 Å². The van der Waals surface area contributed by atoms with Gasteiger partial charge in [-0.15, -0.1) is 22.7 Å². The molecule has 286 valence electrons. The summed E-state index contributed by atoms with van der Waals surface area (Å²) in [5, 5.41) is 2.56. The fraction of sp³-hybridized carbons (Fsp3) is 0.292. The standard InChI is InChI=1S/C48H45BN2O4S2/c1-46(2,3)26-10-16-39-31(18-26)42-44(56-39)49-41-33(50(42)29-12-14-35-37(22-29)54-24-52-35)20-28(48(7,8)9)21-34(41)51(30-13-15-36-38(23-30)55-25-53-36)43-32-19-27(47(4,5)6)11-17-40(32)57-45(43)49/h10-23H,24-25H2,1-9H3. The summed E-state index contributed by atoms with van der Waals surface area (Å²) in [6.07, 6.45) is 0. The molecule has 4 aliphatic rings. The van der Waals surface area contributed by atoms with E-state index in [1.54, 1.807) is 0 Å². The molecule has 0 fully saturated rings. The SMILES string of the molecule is CC(C)(C)c1cc2c3c(c1)N(c1ccc4c(c1)OCO4)c1c(sc4ccc(C(C)(C)C)cc14)B3c1sc3ccc(C(C)(C)C)cc3c1N2c1ccc2c(c1)OCO2. The number of hydrogen-bond acceptors (Lipinski definition) is 8. The monoisotopic (exact) mass is 788 g/mol. The predicted molar refractivity (Wildman–Crippen MR) is 240 cm³/mol. The molecule has 4 aliphatic heterocycles. The van der Waals surface area contributed by atoms with Crippen LogP contribution in [-0.2, 0) is 16.2 Å². The van der Waals surface area contributed by atoms with Crippen molar-refractivity contribution < 1.29 is 18.9 Å². The van der Waals surface area contributed by atoms with Crippen LogP contribution in [0.25, 0.3) is 20.2 Å². The van der Waals surface area contributed by atoms with Crippen molar-refractivity contribution in [3.8, 4) is 23.0 Å². The molecular weight excluding hydrogens is 743 g/mol. The zero-order valence-corrected chi connectivity index (χ0v) is 35.6. The predicted octanol–water partition coefficient (Wildman–Crippen LogP) is 11.5. The minimum atomic E-state index is -0.144. The number of anilines is 6. The normalized spacial score (nSPS) is 15.4. The Hall–Kier alpha value is -5.12. The van der Waals surface area contributed by atoms with Crippen molar-refractivity contribution in [1.29, 1.82) is 0 Å². The Balaban J connectivity index is 1.29. The van der Waals surface area contributed by atoms with Gasteiger partial charge in [-0.1, -0.05) is 74.4 Å². The third-order valence-corrected chi connectivity index (χ3v) is 14.5. The van der Waals surface area contributed by atoms with Gasteiger partial charge in [0, 0.05) is 53.2 Å². The highest BCUT2D eigenvalue weighted by atomic mass is 32.1. The Kier molecular flexibility index (Phi) is 7.22. The van der Waals surface area contributed by atoms with Crippen molar-refractivity contribution in [2.75, 3.05) is 23.4 Å². The molecule has 0 unspecified atom stereocenters. The summed E-state index contributed by atoms with van der Waals surface area (Å²) in [5.41, 5.74) is 12.1. The Bertz CT molecular complexity index is 2670. The highest BCUT2D eigenvalue weighted by molar-refractivity contribution is 7.40. The smallest absolute Gasteiger partial charge is 0.277 e. The molecule has 0 amide bonds. The highest BCUT2D eigenvalue weighted by Crippen LogP contribution is 2.53. The summed E-state index contributed by atoms with van der Waals surface area (Å²) in [6, 6.07) is 32.0. The third-order valence-electron chi connectivity index (χ3n) is 12.1. The van der Waals surface area contributed by atoms with Crippen LogP contribution in [0, 0.1) is 0 Å². The van der Waals surface area contributed by atoms with E-state index in [9.17, 15) is 0 Å². The van der Waals surface area contributed by atoms with E-state index in [0.29, 0.717) is 0 Å². The van der Waals surface area contributed by atoms with E-state index in [1.165, 1.54) is 74.6 Å². The van der Waals surface area contributed by atoms with Gasteiger partial charge in [0.05, 0.1) is 22.7 Å². The lowest BCUT2D eigenvalue weighted by Gasteiger charge is -2.43. The van der Waals surface area contributed by atoms with Crippen LogP contribution in [0.5, 0.6) is 23.0 Å². The molecule has 0 spiro atoms. The van der Waals surface area contributed by atoms with Crippen LogP contribution >= 0.6 is 22.7 Å². The number of thiophene rings is 2. The molecule has 0 saturated heterocycles. The van der Waals surface area contributed by atoms with Gasteiger partial charge in [0.25, 0.3) is 6.71 Å². The Morgan fingerprint density at radius 3 is 1.32 bits per heavy atom. The second-order valence-electron chi connectivity index (χ2n) is 18.9. The summed E-state index contributed by atoms with van der Waals surface area (Å²) in [6.45, 7) is 21.3. The van der Waals surface area contributed by atoms with E-state index >= 15 is 0 Å². The lowest BCUT2D eigenvalue weighted by Crippen LogP contribution is -2.59. The third kappa shape index (κ3) is 5.20. The molecule has 0 radical (unpaired) electrons. The maximum absolute atomic E-state index is 6.04. The van der Waals surface area contributed by atoms with Crippen LogP contribution in [0.4, 0.5) is 34.1 Å². The second-order valence-corrected chi connectivity index (χ2v) is 21.1. The summed E-state index contributed by atoms with van der Waals surface area (Å²) < 4.78 is 29.1. The van der Waals surface area contributed by atoms with E-state index in [2.05, 4.69) is 157 Å². The summed E-state index contributed by atoms with van der Waals surface area (Å²) >= 11 is 3.88. The van der Waals surface area contributed by atoms with Crippen molar-refractivity contribution >= 4 is 98.7 Å². The molecule has 0 aliphatic carbocycles. The molecule has 7 aromatic rings. The number of rotatable bonds is 2. The van der Waals surface area contributed by atoms with E-state index < -0.39 is 0 Å². The minimum Gasteiger partial charge on any atom is -0.454 e. The number of nitrogens with zero attached hydrogens (tertiary/aromatic N) is 2. The quantitative estimate of drug-likeness (QED) is 0.163. The first-order chi connectivity index (χ1) is 27.1. The maximum atomic E-state index is 6.04. The van der Waals surface area contributed by atoms with Gasteiger partial charge < -0.3 is 28.7 Å². The molecule has 9 heteroatoms. The Labute approximate surface area is 342 Å². The van der Waals surface area contributed by atoms with E-state index in [1.807, 2.05) is 22.7 Å². The second kappa shape index (κ2) is 11.7. The molecule has 5 aromatic carbocycles. The highest BCUT2D eigenvalue weighted by Gasteiger charge is 2.48. The van der Waals surface area contributed by atoms with E-state index in [0.717, 1.165) is 34.4 Å². The fourth-order valence-electron chi connectivity index (χ4n) is 8.92. The molecule has 11 rings (SSSR count). The van der Waals surface area contributed by atoms with Crippen molar-refractivity contribution in [3.05, 3.63) is 102 Å². The zero-order chi connectivity index (χ0) is 39.3. The van der Waals surface area contributed by atoms with Crippen molar-refractivity contribution in [3.63, 3.8) is 0 Å². The van der Waals surface area contributed by atoms with E-state index in [4.69, 9.17) is 18.9 Å². The fourth-order valence-corrected chi connectivity index (χ4v) is 11.6. The summed E-state index contributed by atoms with van der Waals surface area (Å²) in [4.78, 5) is 5.06. The number of hydrogen-bond donors (Lipinski definition) is 0. The van der Waals surface area contributed by atoms with Gasteiger partial charge in [-0.2, -0.15) is 0 Å². The van der Waals surface area contributed by atoms with Crippen molar-refractivity contribution in [2.45, 2.75) is 78.6 Å². The summed E-state index contributed by atoms with van der Waals surface area (Å²) in [7, 11) is 0. The summed E-state index contributed by atoms with van der Waals surface area (Å²) in [5.74, 6) is 3.11. The first-order valence-corrected chi connectivity index (χ1v) is 21.5. The number of fused-ring (bicyclic) bond motifs is 10. The van der Waals surface area contributed by atoms with Gasteiger partial charge >= 0.3 is 0 Å². The maximum Gasteiger partial charge on any atom is 0.277 e. The molecule has 0 saturated carbocycles. The minimum absolute atomic E-state index is 0.00883. The first-order valence-electron chi connectivity index (χ1n) is 19.9. The van der Waals surface area contributed by atoms with Gasteiger partial charge in [0.1, 0.15) is 0 Å². The largest absolute Gasteiger partial charge is 0.454 e. The lowest BCUT2D eigenvalue weighted by molar-refractivity contribution is 0.173. The van der Waals surface area contributed by atoms with Gasteiger partial charge in [-0.05, 0) is 99.1 Å². The molecular formula is C48H45BN2O4S2. The molecule has 2 aromatic heterocycles. The molecule has 0 bridgehead atoms. The topological polar surface area (TPSA) is 43.4 Å². The lowest BCUT2D eigenvalue weighted by atomic mass is 9.39. The molecule has 6 heterocycles. The van der Waals surface area contributed by atoms with Crippen molar-refractivity contribution in [2.24, 2.45) is 0 Å². The Morgan fingerprint density at radius 2 is 0.895 bits per heavy atom. The molecule has 57 heavy (non-hydrogen) atoms. The van der Waals surface area contributed by atoms with E-state index in [-0.39, 0.29) is 36.5 Å². The molecule has 0 N–H and O–H groups in total. The first kappa shape index (κ1) is 35.1. The van der Waals surface area contributed by atoms with Crippen molar-refractivity contribution in [1.82, 2.24) is 0 Å². The van der Waals surface area contributed by atoms with Crippen LogP contribution in [0.3, 0.4) is 0 Å². The van der Waals surface area contributed by atoms with Crippen LogP contribution in [0.1, 0.15) is 79.0 Å². The zero-order valence-electron chi connectivity index (χ0n) is 33.9. The molecule has 6 nitrogen and oxygen atoms in total. The van der Waals surface area contributed by atoms with Gasteiger partial charge in [-0.25, -0.2) is 0 Å². The Morgan fingerprint density at radius 1 is 0.474 bits per heavy atom. The van der Waals surface area contributed by atoms with Gasteiger partial charge in [0.15, 0.2) is 23.0 Å². The average molecular weight is 789 g/mol. The van der Waals surface area contributed by atoms with Gasteiger partial charge in [0.2, 0.25) is 13.6 Å². The van der Waals surface area contributed by atoms with Gasteiger partial charge in [-0.3, -0.25) is 0 Å². The van der Waals surface area contributed by atoms with Crippen LogP contribution in [0.2, 0.25) is 0 Å². The number of ether oxygens (including phenoxy) is 4. The average Bonchev–Trinajstić information content (AvgIpc) is 3.97. The molecule has 0 atom stereocenters.